The molecule has 23 heavy (non-hydrogen) atoms. The van der Waals surface area contributed by atoms with Gasteiger partial charge in [0.15, 0.2) is 0 Å². The predicted molar refractivity (Wildman–Crippen MR) is 92.2 cm³/mol. The fourth-order valence-electron chi connectivity index (χ4n) is 4.79. The van der Waals surface area contributed by atoms with E-state index in [1.165, 1.54) is 71.4 Å². The first-order valence-electron chi connectivity index (χ1n) is 9.79. The van der Waals surface area contributed by atoms with Crippen LogP contribution >= 0.6 is 0 Å². The molecule has 1 aliphatic heterocycles. The van der Waals surface area contributed by atoms with E-state index >= 15 is 0 Å². The molecule has 3 rings (SSSR count). The number of hydrogen-bond donors (Lipinski definition) is 0. The number of rotatable bonds is 5. The van der Waals surface area contributed by atoms with Crippen LogP contribution in [0.4, 0.5) is 0 Å². The molecule has 1 heterocycles. The molecule has 0 spiro atoms. The van der Waals surface area contributed by atoms with Crippen molar-refractivity contribution in [2.45, 2.75) is 63.8 Å². The molecule has 1 saturated heterocycles. The average Bonchev–Trinajstić information content (AvgIpc) is 2.58. The van der Waals surface area contributed by atoms with E-state index in [0.717, 1.165) is 31.6 Å². The Morgan fingerprint density at radius 2 is 1.22 bits per heavy atom. The fraction of sp³-hybridized carbons (Fsp3) is 1.00. The smallest absolute Gasteiger partial charge is 0.213 e. The summed E-state index contributed by atoms with van der Waals surface area (Å²) in [7, 11) is 0. The molecule has 0 amide bonds. The van der Waals surface area contributed by atoms with Gasteiger partial charge in [0.1, 0.15) is 0 Å². The van der Waals surface area contributed by atoms with Crippen LogP contribution < -0.4 is 0 Å². The third-order valence-corrected chi connectivity index (χ3v) is 6.34. The van der Waals surface area contributed by atoms with Gasteiger partial charge in [0.25, 0.3) is 0 Å². The van der Waals surface area contributed by atoms with Crippen molar-refractivity contribution in [1.29, 1.82) is 0 Å². The normalized spacial score (nSPS) is 32.0. The van der Waals surface area contributed by atoms with Crippen molar-refractivity contribution in [3.05, 3.63) is 10.1 Å². The van der Waals surface area contributed by atoms with E-state index in [1.807, 2.05) is 0 Å². The van der Waals surface area contributed by atoms with Gasteiger partial charge < -0.3 is 9.80 Å². The van der Waals surface area contributed by atoms with Crippen LogP contribution in [-0.2, 0) is 0 Å². The number of hydrogen-bond acceptors (Lipinski definition) is 4. The van der Waals surface area contributed by atoms with Crippen LogP contribution in [0.15, 0.2) is 0 Å². The van der Waals surface area contributed by atoms with Gasteiger partial charge in [-0.15, -0.1) is 0 Å². The largest absolute Gasteiger partial charge is 0.301 e. The predicted octanol–water partition coefficient (Wildman–Crippen LogP) is 3.02. The van der Waals surface area contributed by atoms with Gasteiger partial charge >= 0.3 is 0 Å². The maximum absolute atomic E-state index is 10.8. The Morgan fingerprint density at radius 3 is 1.70 bits per heavy atom. The Bertz CT molecular complexity index is 368. The van der Waals surface area contributed by atoms with Crippen molar-refractivity contribution >= 4 is 0 Å². The topological polar surface area (TPSA) is 49.6 Å². The molecule has 0 bridgehead atoms. The van der Waals surface area contributed by atoms with E-state index in [2.05, 4.69) is 9.80 Å². The van der Waals surface area contributed by atoms with Crippen molar-refractivity contribution < 1.29 is 4.92 Å². The second-order valence-corrected chi connectivity index (χ2v) is 8.07. The van der Waals surface area contributed by atoms with Crippen LogP contribution in [0.2, 0.25) is 0 Å². The van der Waals surface area contributed by atoms with Gasteiger partial charge in [-0.1, -0.05) is 19.3 Å². The standard InChI is InChI=1S/C18H33N3O2/c22-21(23)18-8-6-17(7-9-18)15-20-12-10-19(11-13-20)14-16-4-2-1-3-5-16/h16-18H,1-15H2. The summed E-state index contributed by atoms with van der Waals surface area (Å²) in [5.41, 5.74) is 0. The van der Waals surface area contributed by atoms with Crippen LogP contribution in [0.5, 0.6) is 0 Å². The molecule has 0 N–H and O–H groups in total. The molecule has 0 radical (unpaired) electrons. The van der Waals surface area contributed by atoms with Crippen LogP contribution in [-0.4, -0.2) is 60.0 Å². The van der Waals surface area contributed by atoms with Crippen molar-refractivity contribution in [2.24, 2.45) is 11.8 Å². The molecule has 132 valence electrons. The molecule has 3 aliphatic rings. The van der Waals surface area contributed by atoms with Crippen molar-refractivity contribution in [3.63, 3.8) is 0 Å². The summed E-state index contributed by atoms with van der Waals surface area (Å²) >= 11 is 0. The molecule has 0 aromatic heterocycles. The zero-order valence-electron chi connectivity index (χ0n) is 14.5. The Morgan fingerprint density at radius 1 is 0.739 bits per heavy atom. The van der Waals surface area contributed by atoms with Gasteiger partial charge in [-0.3, -0.25) is 10.1 Å². The molecular formula is C18H33N3O2. The van der Waals surface area contributed by atoms with Gasteiger partial charge in [0.05, 0.1) is 0 Å². The molecule has 0 aromatic rings. The lowest BCUT2D eigenvalue weighted by atomic mass is 9.86. The Labute approximate surface area is 140 Å². The molecule has 0 aromatic carbocycles. The molecule has 2 saturated carbocycles. The molecule has 0 atom stereocenters. The van der Waals surface area contributed by atoms with E-state index in [4.69, 9.17) is 0 Å². The maximum Gasteiger partial charge on any atom is 0.213 e. The summed E-state index contributed by atoms with van der Waals surface area (Å²) in [5, 5.41) is 10.8. The highest BCUT2D eigenvalue weighted by atomic mass is 16.6. The molecule has 2 aliphatic carbocycles. The monoisotopic (exact) mass is 323 g/mol. The van der Waals surface area contributed by atoms with Gasteiger partial charge in [-0.05, 0) is 37.5 Å². The van der Waals surface area contributed by atoms with Crippen LogP contribution in [0.3, 0.4) is 0 Å². The molecule has 0 unspecified atom stereocenters. The second kappa shape index (κ2) is 8.43. The van der Waals surface area contributed by atoms with E-state index < -0.39 is 0 Å². The summed E-state index contributed by atoms with van der Waals surface area (Å²) in [4.78, 5) is 16.1. The summed E-state index contributed by atoms with van der Waals surface area (Å²) in [5.74, 6) is 1.64. The first-order chi connectivity index (χ1) is 11.2. The highest BCUT2D eigenvalue weighted by Gasteiger charge is 2.30. The van der Waals surface area contributed by atoms with Crippen LogP contribution in [0.25, 0.3) is 0 Å². The number of nitro groups is 1. The van der Waals surface area contributed by atoms with Gasteiger partial charge in [0, 0.05) is 57.0 Å². The summed E-state index contributed by atoms with van der Waals surface area (Å²) in [6.45, 7) is 7.33. The zero-order valence-corrected chi connectivity index (χ0v) is 14.5. The van der Waals surface area contributed by atoms with Gasteiger partial charge in [-0.2, -0.15) is 0 Å². The quantitative estimate of drug-likeness (QED) is 0.576. The SMILES string of the molecule is O=[N+]([O-])C1CCC(CN2CCN(CC3CCCCC3)CC2)CC1. The van der Waals surface area contributed by atoms with E-state index in [0.29, 0.717) is 5.92 Å². The van der Waals surface area contributed by atoms with E-state index in [1.54, 1.807) is 0 Å². The minimum Gasteiger partial charge on any atom is -0.301 e. The number of piperazine rings is 1. The Balaban J connectivity index is 1.32. The first-order valence-corrected chi connectivity index (χ1v) is 9.79. The lowest BCUT2D eigenvalue weighted by Crippen LogP contribution is -2.49. The summed E-state index contributed by atoms with van der Waals surface area (Å²) < 4.78 is 0. The van der Waals surface area contributed by atoms with Gasteiger partial charge in [-0.25, -0.2) is 0 Å². The molecule has 5 heteroatoms. The minimum atomic E-state index is -0.265. The van der Waals surface area contributed by atoms with Crippen LogP contribution in [0, 0.1) is 22.0 Å². The minimum absolute atomic E-state index is 0.0692. The molecular weight excluding hydrogens is 290 g/mol. The van der Waals surface area contributed by atoms with Crippen molar-refractivity contribution in [2.75, 3.05) is 39.3 Å². The van der Waals surface area contributed by atoms with Gasteiger partial charge in [0.2, 0.25) is 6.04 Å². The lowest BCUT2D eigenvalue weighted by Gasteiger charge is -2.39. The Kier molecular flexibility index (Phi) is 6.29. The lowest BCUT2D eigenvalue weighted by molar-refractivity contribution is -0.527. The molecule has 5 nitrogen and oxygen atoms in total. The third kappa shape index (κ3) is 5.15. The summed E-state index contributed by atoms with van der Waals surface area (Å²) in [6.07, 6.45) is 10.9. The van der Waals surface area contributed by atoms with Crippen LogP contribution in [0.1, 0.15) is 57.8 Å². The highest BCUT2D eigenvalue weighted by molar-refractivity contribution is 4.80. The summed E-state index contributed by atoms with van der Waals surface area (Å²) in [6, 6.07) is -0.265. The molecule has 3 fully saturated rings. The van der Waals surface area contributed by atoms with Crippen molar-refractivity contribution in [3.8, 4) is 0 Å². The Hall–Kier alpha value is -0.680. The number of nitrogens with zero attached hydrogens (tertiary/aromatic N) is 3. The maximum atomic E-state index is 10.8. The fourth-order valence-corrected chi connectivity index (χ4v) is 4.79. The second-order valence-electron chi connectivity index (χ2n) is 8.07. The van der Waals surface area contributed by atoms with Crippen molar-refractivity contribution in [1.82, 2.24) is 9.80 Å². The highest BCUT2D eigenvalue weighted by Crippen LogP contribution is 2.27. The average molecular weight is 323 g/mol. The van der Waals surface area contributed by atoms with E-state index in [-0.39, 0.29) is 11.0 Å². The third-order valence-electron chi connectivity index (χ3n) is 6.34. The van der Waals surface area contributed by atoms with E-state index in [9.17, 15) is 10.1 Å². The first kappa shape index (κ1) is 17.2. The zero-order chi connectivity index (χ0) is 16.1.